The van der Waals surface area contributed by atoms with Crippen LogP contribution >= 0.6 is 23.1 Å². The molecule has 0 N–H and O–H groups in total. The largest absolute Gasteiger partial charge is 0.274 e. The van der Waals surface area contributed by atoms with Crippen LogP contribution in [0, 0.1) is 19.7 Å². The van der Waals surface area contributed by atoms with E-state index in [0.29, 0.717) is 5.75 Å². The highest BCUT2D eigenvalue weighted by atomic mass is 32.2. The number of nitrogens with zero attached hydrogens (tertiary/aromatic N) is 4. The molecule has 2 aromatic carbocycles. The molecule has 136 valence electrons. The van der Waals surface area contributed by atoms with Crippen LogP contribution in [0.4, 0.5) is 4.39 Å². The van der Waals surface area contributed by atoms with Crippen molar-refractivity contribution in [2.24, 2.45) is 0 Å². The van der Waals surface area contributed by atoms with Crippen LogP contribution in [0.25, 0.3) is 16.3 Å². The molecule has 4 aromatic rings. The standard InChI is InChI=1S/C20H17FN4S2/c1-13-3-9-18(10-4-13)25-14(2)23-24-20(25)27-12-17-11-26-19(22-17)15-5-7-16(21)8-6-15/h3-11H,12H2,1-2H3. The summed E-state index contributed by atoms with van der Waals surface area (Å²) in [6.45, 7) is 4.02. The molecular weight excluding hydrogens is 379 g/mol. The first-order valence-corrected chi connectivity index (χ1v) is 10.3. The number of hydrogen-bond acceptors (Lipinski definition) is 5. The van der Waals surface area contributed by atoms with E-state index in [2.05, 4.69) is 50.9 Å². The summed E-state index contributed by atoms with van der Waals surface area (Å²) in [5.74, 6) is 1.31. The molecule has 2 heterocycles. The van der Waals surface area contributed by atoms with Crippen LogP contribution < -0.4 is 0 Å². The summed E-state index contributed by atoms with van der Waals surface area (Å²) in [6.07, 6.45) is 0. The Bertz CT molecular complexity index is 1050. The third kappa shape index (κ3) is 3.94. The van der Waals surface area contributed by atoms with Crippen molar-refractivity contribution >= 4 is 23.1 Å². The second-order valence-corrected chi connectivity index (χ2v) is 7.94. The normalized spacial score (nSPS) is 11.1. The lowest BCUT2D eigenvalue weighted by Crippen LogP contribution is -1.99. The second-order valence-electron chi connectivity index (χ2n) is 6.14. The molecule has 0 spiro atoms. The average molecular weight is 397 g/mol. The summed E-state index contributed by atoms with van der Waals surface area (Å²) in [6, 6.07) is 14.7. The zero-order valence-corrected chi connectivity index (χ0v) is 16.5. The number of thioether (sulfide) groups is 1. The Hall–Kier alpha value is -2.51. The van der Waals surface area contributed by atoms with E-state index in [1.807, 2.05) is 12.3 Å². The molecule has 0 saturated heterocycles. The van der Waals surface area contributed by atoms with Crippen molar-refractivity contribution in [3.05, 3.63) is 76.8 Å². The summed E-state index contributed by atoms with van der Waals surface area (Å²) < 4.78 is 15.1. The van der Waals surface area contributed by atoms with Crippen LogP contribution in [-0.2, 0) is 5.75 Å². The van der Waals surface area contributed by atoms with Crippen molar-refractivity contribution in [1.29, 1.82) is 0 Å². The minimum Gasteiger partial charge on any atom is -0.274 e. The number of thiazole rings is 1. The predicted molar refractivity (Wildman–Crippen MR) is 108 cm³/mol. The summed E-state index contributed by atoms with van der Waals surface area (Å²) in [4.78, 5) is 4.66. The summed E-state index contributed by atoms with van der Waals surface area (Å²) in [5, 5.41) is 12.3. The fourth-order valence-corrected chi connectivity index (χ4v) is 4.49. The Morgan fingerprint density at radius 3 is 2.48 bits per heavy atom. The van der Waals surface area contributed by atoms with Gasteiger partial charge in [-0.3, -0.25) is 4.57 Å². The van der Waals surface area contributed by atoms with Crippen molar-refractivity contribution in [3.8, 4) is 16.3 Å². The van der Waals surface area contributed by atoms with Gasteiger partial charge in [0.25, 0.3) is 0 Å². The van der Waals surface area contributed by atoms with E-state index in [-0.39, 0.29) is 5.82 Å². The molecule has 0 saturated carbocycles. The maximum absolute atomic E-state index is 13.1. The van der Waals surface area contributed by atoms with Gasteiger partial charge in [-0.2, -0.15) is 0 Å². The molecule has 0 unspecified atom stereocenters. The van der Waals surface area contributed by atoms with Crippen LogP contribution in [0.3, 0.4) is 0 Å². The zero-order chi connectivity index (χ0) is 18.8. The van der Waals surface area contributed by atoms with E-state index in [4.69, 9.17) is 0 Å². The third-order valence-corrected chi connectivity index (χ3v) is 5.98. The summed E-state index contributed by atoms with van der Waals surface area (Å²) >= 11 is 3.17. The average Bonchev–Trinajstić information content (AvgIpc) is 3.28. The molecule has 27 heavy (non-hydrogen) atoms. The molecule has 4 rings (SSSR count). The van der Waals surface area contributed by atoms with E-state index in [9.17, 15) is 4.39 Å². The van der Waals surface area contributed by atoms with Gasteiger partial charge in [0.2, 0.25) is 0 Å². The van der Waals surface area contributed by atoms with E-state index in [1.165, 1.54) is 17.7 Å². The molecular formula is C20H17FN4S2. The number of aromatic nitrogens is 4. The fourth-order valence-electron chi connectivity index (χ4n) is 2.66. The highest BCUT2D eigenvalue weighted by Gasteiger charge is 2.13. The molecule has 0 fully saturated rings. The molecule has 0 atom stereocenters. The Morgan fingerprint density at radius 1 is 1.00 bits per heavy atom. The van der Waals surface area contributed by atoms with Crippen molar-refractivity contribution in [2.45, 2.75) is 24.8 Å². The molecule has 0 aliphatic heterocycles. The molecule has 2 aromatic heterocycles. The monoisotopic (exact) mass is 396 g/mol. The first kappa shape index (κ1) is 17.9. The smallest absolute Gasteiger partial charge is 0.196 e. The SMILES string of the molecule is Cc1ccc(-n2c(C)nnc2SCc2csc(-c3ccc(F)cc3)n2)cc1. The minimum atomic E-state index is -0.239. The van der Waals surface area contributed by atoms with Crippen LogP contribution in [-0.4, -0.2) is 19.7 Å². The molecule has 4 nitrogen and oxygen atoms in total. The Morgan fingerprint density at radius 2 is 1.74 bits per heavy atom. The molecule has 0 aliphatic carbocycles. The number of benzene rings is 2. The maximum Gasteiger partial charge on any atom is 0.196 e. The third-order valence-electron chi connectivity index (χ3n) is 4.08. The van der Waals surface area contributed by atoms with Gasteiger partial charge in [0.1, 0.15) is 16.6 Å². The molecule has 0 amide bonds. The molecule has 7 heteroatoms. The highest BCUT2D eigenvalue weighted by molar-refractivity contribution is 7.98. The minimum absolute atomic E-state index is 0.239. The van der Waals surface area contributed by atoms with Crippen molar-refractivity contribution in [2.75, 3.05) is 0 Å². The van der Waals surface area contributed by atoms with Crippen LogP contribution in [0.2, 0.25) is 0 Å². The maximum atomic E-state index is 13.1. The topological polar surface area (TPSA) is 43.6 Å². The lowest BCUT2D eigenvalue weighted by Gasteiger charge is -2.08. The quantitative estimate of drug-likeness (QED) is 0.421. The predicted octanol–water partition coefficient (Wildman–Crippen LogP) is 5.44. The fraction of sp³-hybridized carbons (Fsp3) is 0.150. The Labute approximate surface area is 165 Å². The van der Waals surface area contributed by atoms with Crippen molar-refractivity contribution in [1.82, 2.24) is 19.7 Å². The molecule has 0 radical (unpaired) electrons. The second kappa shape index (κ2) is 7.62. The number of hydrogen-bond donors (Lipinski definition) is 0. The van der Waals surface area contributed by atoms with Crippen molar-refractivity contribution < 1.29 is 4.39 Å². The lowest BCUT2D eigenvalue weighted by molar-refractivity contribution is 0.628. The molecule has 0 aliphatic rings. The van der Waals surface area contributed by atoms with Gasteiger partial charge in [-0.15, -0.1) is 21.5 Å². The van der Waals surface area contributed by atoms with Gasteiger partial charge in [-0.1, -0.05) is 29.5 Å². The summed E-state index contributed by atoms with van der Waals surface area (Å²) in [7, 11) is 0. The van der Waals surface area contributed by atoms with Crippen LogP contribution in [0.1, 0.15) is 17.1 Å². The lowest BCUT2D eigenvalue weighted by atomic mass is 10.2. The zero-order valence-electron chi connectivity index (χ0n) is 14.9. The van der Waals surface area contributed by atoms with Crippen LogP contribution in [0.5, 0.6) is 0 Å². The van der Waals surface area contributed by atoms with Gasteiger partial charge >= 0.3 is 0 Å². The van der Waals surface area contributed by atoms with E-state index in [0.717, 1.165) is 32.9 Å². The number of halogens is 1. The molecule has 0 bridgehead atoms. The first-order chi connectivity index (χ1) is 13.1. The number of rotatable bonds is 5. The summed E-state index contributed by atoms with van der Waals surface area (Å²) in [5.41, 5.74) is 4.17. The van der Waals surface area contributed by atoms with E-state index in [1.54, 1.807) is 35.2 Å². The Balaban J connectivity index is 1.51. The van der Waals surface area contributed by atoms with Gasteiger partial charge in [0, 0.05) is 22.4 Å². The van der Waals surface area contributed by atoms with Crippen LogP contribution in [0.15, 0.2) is 59.1 Å². The van der Waals surface area contributed by atoms with Gasteiger partial charge in [-0.05, 0) is 50.2 Å². The van der Waals surface area contributed by atoms with Crippen molar-refractivity contribution in [3.63, 3.8) is 0 Å². The van der Waals surface area contributed by atoms with Gasteiger partial charge in [0.05, 0.1) is 5.69 Å². The number of aryl methyl sites for hydroxylation is 2. The first-order valence-electron chi connectivity index (χ1n) is 8.42. The van der Waals surface area contributed by atoms with Gasteiger partial charge in [0.15, 0.2) is 5.16 Å². The van der Waals surface area contributed by atoms with Gasteiger partial charge < -0.3 is 0 Å². The Kier molecular flexibility index (Phi) is 5.05. The van der Waals surface area contributed by atoms with E-state index >= 15 is 0 Å². The van der Waals surface area contributed by atoms with Gasteiger partial charge in [-0.25, -0.2) is 9.37 Å². The highest BCUT2D eigenvalue weighted by Crippen LogP contribution is 2.29. The van der Waals surface area contributed by atoms with E-state index < -0.39 is 0 Å².